The normalized spacial score (nSPS) is 19.4. The van der Waals surface area contributed by atoms with Crippen LogP contribution in [0.2, 0.25) is 0 Å². The summed E-state index contributed by atoms with van der Waals surface area (Å²) in [5, 5.41) is 9.16. The van der Waals surface area contributed by atoms with Crippen LogP contribution in [0.1, 0.15) is 30.3 Å². The Morgan fingerprint density at radius 1 is 1.65 bits per heavy atom. The van der Waals surface area contributed by atoms with Gasteiger partial charge in [0.1, 0.15) is 5.82 Å². The molecule has 1 aliphatic rings. The number of hydrogen-bond acceptors (Lipinski definition) is 3. The maximum absolute atomic E-state index is 11.1. The van der Waals surface area contributed by atoms with Crippen LogP contribution in [0.25, 0.3) is 0 Å². The summed E-state index contributed by atoms with van der Waals surface area (Å²) in [4.78, 5) is 17.6. The van der Waals surface area contributed by atoms with E-state index in [2.05, 4.69) is 14.5 Å². The second-order valence-corrected chi connectivity index (χ2v) is 4.84. The topological polar surface area (TPSA) is 58.4 Å². The van der Waals surface area contributed by atoms with Crippen molar-refractivity contribution in [2.24, 2.45) is 0 Å². The molecule has 0 aromatic carbocycles. The minimum Gasteiger partial charge on any atom is -0.481 e. The van der Waals surface area contributed by atoms with Crippen molar-refractivity contribution in [3.63, 3.8) is 0 Å². The molecule has 1 aromatic heterocycles. The van der Waals surface area contributed by atoms with E-state index in [0.717, 1.165) is 43.9 Å². The van der Waals surface area contributed by atoms with Gasteiger partial charge in [-0.05, 0) is 26.9 Å². The Balaban J connectivity index is 2.19. The maximum atomic E-state index is 11.1. The highest BCUT2D eigenvalue weighted by molar-refractivity contribution is 5.75. The highest BCUT2D eigenvalue weighted by Crippen LogP contribution is 2.28. The van der Waals surface area contributed by atoms with Crippen LogP contribution in [-0.2, 0) is 17.8 Å². The third kappa shape index (κ3) is 2.49. The second kappa shape index (κ2) is 4.87. The number of rotatable bonds is 4. The second-order valence-electron chi connectivity index (χ2n) is 4.84. The first kappa shape index (κ1) is 12.1. The smallest absolute Gasteiger partial charge is 0.312 e. The van der Waals surface area contributed by atoms with Gasteiger partial charge < -0.3 is 14.6 Å². The number of likely N-dealkylation sites (N-methyl/N-ethyl adjacent to an activating group) is 1. The van der Waals surface area contributed by atoms with E-state index in [1.165, 1.54) is 0 Å². The van der Waals surface area contributed by atoms with E-state index in [-0.39, 0.29) is 5.92 Å². The van der Waals surface area contributed by atoms with Crippen LogP contribution < -0.4 is 0 Å². The molecule has 0 saturated heterocycles. The summed E-state index contributed by atoms with van der Waals surface area (Å²) < 4.78 is 2.09. The van der Waals surface area contributed by atoms with Gasteiger partial charge >= 0.3 is 5.97 Å². The lowest BCUT2D eigenvalue weighted by molar-refractivity contribution is -0.139. The molecule has 1 aliphatic heterocycles. The van der Waals surface area contributed by atoms with E-state index in [9.17, 15) is 4.79 Å². The molecule has 0 spiro atoms. The Labute approximate surface area is 101 Å². The van der Waals surface area contributed by atoms with Crippen LogP contribution in [-0.4, -0.2) is 46.2 Å². The summed E-state index contributed by atoms with van der Waals surface area (Å²) in [5.41, 5.74) is 0.873. The van der Waals surface area contributed by atoms with Gasteiger partial charge in [0.25, 0.3) is 0 Å². The number of carboxylic acid groups (broad SMARTS) is 1. The fourth-order valence-electron chi connectivity index (χ4n) is 2.34. The van der Waals surface area contributed by atoms with Gasteiger partial charge in [-0.2, -0.15) is 0 Å². The van der Waals surface area contributed by atoms with Gasteiger partial charge in [-0.25, -0.2) is 4.98 Å². The third-order valence-corrected chi connectivity index (χ3v) is 3.28. The van der Waals surface area contributed by atoms with Crippen molar-refractivity contribution in [1.82, 2.24) is 14.5 Å². The van der Waals surface area contributed by atoms with Crippen LogP contribution >= 0.6 is 0 Å². The first-order valence-corrected chi connectivity index (χ1v) is 6.01. The number of hydrogen-bond donors (Lipinski definition) is 1. The summed E-state index contributed by atoms with van der Waals surface area (Å²) in [7, 11) is 4.06. The number of imidazole rings is 1. The third-order valence-electron chi connectivity index (χ3n) is 3.28. The SMILES string of the molecule is CN(C)CCc1ncc2n1CCCC2C(=O)O. The Hall–Kier alpha value is -1.36. The number of aliphatic carboxylic acids is 1. The lowest BCUT2D eigenvalue weighted by Crippen LogP contribution is -2.24. The Bertz CT molecular complexity index is 412. The summed E-state index contributed by atoms with van der Waals surface area (Å²) >= 11 is 0. The number of nitrogens with zero attached hydrogens (tertiary/aromatic N) is 3. The van der Waals surface area contributed by atoms with E-state index in [1.807, 2.05) is 14.1 Å². The summed E-state index contributed by atoms with van der Waals surface area (Å²) in [6.45, 7) is 1.84. The molecule has 0 bridgehead atoms. The molecular formula is C12H19N3O2. The molecule has 5 heteroatoms. The molecule has 1 aromatic rings. The highest BCUT2D eigenvalue weighted by atomic mass is 16.4. The Kier molecular flexibility index (Phi) is 3.47. The van der Waals surface area contributed by atoms with E-state index >= 15 is 0 Å². The van der Waals surface area contributed by atoms with Gasteiger partial charge in [0.2, 0.25) is 0 Å². The standard InChI is InChI=1S/C12H19N3O2/c1-14(2)7-5-11-13-8-10-9(12(16)17)4-3-6-15(10)11/h8-9H,3-7H2,1-2H3,(H,16,17). The van der Waals surface area contributed by atoms with Crippen molar-refractivity contribution in [3.8, 4) is 0 Å². The van der Waals surface area contributed by atoms with Crippen molar-refractivity contribution in [1.29, 1.82) is 0 Å². The molecule has 5 nitrogen and oxygen atoms in total. The lowest BCUT2D eigenvalue weighted by Gasteiger charge is -2.22. The zero-order chi connectivity index (χ0) is 12.4. The predicted molar refractivity (Wildman–Crippen MR) is 64.1 cm³/mol. The Morgan fingerprint density at radius 2 is 2.41 bits per heavy atom. The molecule has 0 fully saturated rings. The molecule has 0 aliphatic carbocycles. The molecule has 1 unspecified atom stereocenters. The minimum atomic E-state index is -0.731. The first-order chi connectivity index (χ1) is 8.09. The fourth-order valence-corrected chi connectivity index (χ4v) is 2.34. The predicted octanol–water partition coefficient (Wildman–Crippen LogP) is 0.949. The minimum absolute atomic E-state index is 0.371. The molecule has 0 radical (unpaired) electrons. The van der Waals surface area contributed by atoms with Crippen molar-refractivity contribution in [3.05, 3.63) is 17.7 Å². The molecule has 0 saturated carbocycles. The summed E-state index contributed by atoms with van der Waals surface area (Å²) in [6, 6.07) is 0. The largest absolute Gasteiger partial charge is 0.481 e. The lowest BCUT2D eigenvalue weighted by atomic mass is 9.96. The van der Waals surface area contributed by atoms with Gasteiger partial charge in [0.05, 0.1) is 11.6 Å². The number of carbonyl (C=O) groups is 1. The van der Waals surface area contributed by atoms with Crippen LogP contribution in [0.3, 0.4) is 0 Å². The van der Waals surface area contributed by atoms with Crippen LogP contribution in [0.15, 0.2) is 6.20 Å². The fraction of sp³-hybridized carbons (Fsp3) is 0.667. The van der Waals surface area contributed by atoms with Crippen LogP contribution in [0.4, 0.5) is 0 Å². The number of aromatic nitrogens is 2. The van der Waals surface area contributed by atoms with E-state index in [1.54, 1.807) is 6.20 Å². The van der Waals surface area contributed by atoms with E-state index < -0.39 is 5.97 Å². The van der Waals surface area contributed by atoms with Gasteiger partial charge in [-0.15, -0.1) is 0 Å². The molecular weight excluding hydrogens is 218 g/mol. The van der Waals surface area contributed by atoms with Crippen LogP contribution in [0.5, 0.6) is 0 Å². The average molecular weight is 237 g/mol. The molecule has 0 amide bonds. The molecule has 1 atom stereocenters. The molecule has 1 N–H and O–H groups in total. The molecule has 94 valence electrons. The number of fused-ring (bicyclic) bond motifs is 1. The Morgan fingerprint density at radius 3 is 3.06 bits per heavy atom. The first-order valence-electron chi connectivity index (χ1n) is 6.01. The van der Waals surface area contributed by atoms with Gasteiger partial charge in [-0.1, -0.05) is 0 Å². The van der Waals surface area contributed by atoms with Crippen molar-refractivity contribution >= 4 is 5.97 Å². The number of carboxylic acids is 1. The molecule has 17 heavy (non-hydrogen) atoms. The van der Waals surface area contributed by atoms with E-state index in [4.69, 9.17) is 5.11 Å². The van der Waals surface area contributed by atoms with E-state index in [0.29, 0.717) is 0 Å². The molecule has 2 heterocycles. The summed E-state index contributed by atoms with van der Waals surface area (Å²) in [6.07, 6.45) is 4.27. The highest BCUT2D eigenvalue weighted by Gasteiger charge is 2.28. The van der Waals surface area contributed by atoms with Crippen molar-refractivity contribution in [2.45, 2.75) is 31.7 Å². The van der Waals surface area contributed by atoms with Gasteiger partial charge in [0, 0.05) is 25.7 Å². The van der Waals surface area contributed by atoms with Gasteiger partial charge in [-0.3, -0.25) is 4.79 Å². The van der Waals surface area contributed by atoms with Gasteiger partial charge in [0.15, 0.2) is 0 Å². The quantitative estimate of drug-likeness (QED) is 0.847. The van der Waals surface area contributed by atoms with Crippen molar-refractivity contribution < 1.29 is 9.90 Å². The van der Waals surface area contributed by atoms with Crippen molar-refractivity contribution in [2.75, 3.05) is 20.6 Å². The van der Waals surface area contributed by atoms with Crippen LogP contribution in [0, 0.1) is 0 Å². The maximum Gasteiger partial charge on any atom is 0.312 e. The molecule has 2 rings (SSSR count). The summed E-state index contributed by atoms with van der Waals surface area (Å²) in [5.74, 6) is -0.0889. The zero-order valence-electron chi connectivity index (χ0n) is 10.4. The zero-order valence-corrected chi connectivity index (χ0v) is 10.4. The monoisotopic (exact) mass is 237 g/mol. The average Bonchev–Trinajstić information content (AvgIpc) is 2.68.